The summed E-state index contributed by atoms with van der Waals surface area (Å²) in [5, 5.41) is 31.2. The Balaban J connectivity index is 1.60. The van der Waals surface area contributed by atoms with E-state index in [1.165, 1.54) is 0 Å². The molecule has 0 aromatic carbocycles. The number of fused-ring (bicyclic) bond motifs is 7. The van der Waals surface area contributed by atoms with Crippen molar-refractivity contribution in [1.29, 1.82) is 0 Å². The molecule has 0 aliphatic heterocycles. The first-order valence-electron chi connectivity index (χ1n) is 13.9. The first kappa shape index (κ1) is 25.8. The van der Waals surface area contributed by atoms with Crippen LogP contribution in [0, 0.1) is 50.2 Å². The molecule has 0 aromatic heterocycles. The molecule has 4 fully saturated rings. The van der Waals surface area contributed by atoms with Crippen LogP contribution < -0.4 is 0 Å². The van der Waals surface area contributed by atoms with Crippen molar-refractivity contribution in [2.45, 2.75) is 106 Å². The lowest BCUT2D eigenvalue weighted by Crippen LogP contribution is -2.68. The number of aliphatic carboxylic acids is 2. The number of Topliss-reactive ketones (excluding diaryl/α,β-unsaturated/α-hetero) is 1. The van der Waals surface area contributed by atoms with Gasteiger partial charge in [-0.05, 0) is 117 Å². The Morgan fingerprint density at radius 1 is 0.778 bits per heavy atom. The average Bonchev–Trinajstić information content (AvgIpc) is 2.81. The summed E-state index contributed by atoms with van der Waals surface area (Å²) in [4.78, 5) is 38.1. The number of hydrogen-bond acceptors (Lipinski definition) is 4. The monoisotopic (exact) mass is 500 g/mol. The summed E-state index contributed by atoms with van der Waals surface area (Å²) < 4.78 is 0. The van der Waals surface area contributed by atoms with Crippen LogP contribution in [0.25, 0.3) is 0 Å². The Hall–Kier alpha value is -1.85. The number of ketones is 1. The second kappa shape index (κ2) is 7.38. The van der Waals surface area contributed by atoms with Crippen molar-refractivity contribution in [2.75, 3.05) is 0 Å². The van der Waals surface area contributed by atoms with E-state index in [4.69, 9.17) is 0 Å². The minimum atomic E-state index is -1.19. The van der Waals surface area contributed by atoms with Gasteiger partial charge in [0.25, 0.3) is 0 Å². The van der Waals surface area contributed by atoms with Crippen molar-refractivity contribution in [3.63, 3.8) is 0 Å². The van der Waals surface area contributed by atoms with E-state index in [0.717, 1.165) is 44.9 Å². The molecule has 0 spiro atoms. The topological polar surface area (TPSA) is 112 Å². The number of carbonyl (C=O) groups excluding carboxylic acids is 1. The van der Waals surface area contributed by atoms with Crippen molar-refractivity contribution in [3.05, 3.63) is 11.3 Å². The molecule has 0 radical (unpaired) electrons. The van der Waals surface area contributed by atoms with E-state index in [1.54, 1.807) is 6.92 Å². The fraction of sp³-hybridized carbons (Fsp3) is 0.833. The molecule has 6 unspecified atom stereocenters. The molecular formula is C30H44O6. The van der Waals surface area contributed by atoms with Gasteiger partial charge in [0.15, 0.2) is 11.5 Å². The minimum Gasteiger partial charge on any atom is -0.504 e. The quantitative estimate of drug-likeness (QED) is 0.405. The highest BCUT2D eigenvalue weighted by Crippen LogP contribution is 2.78. The Morgan fingerprint density at radius 2 is 1.36 bits per heavy atom. The van der Waals surface area contributed by atoms with Crippen molar-refractivity contribution < 1.29 is 29.7 Å². The van der Waals surface area contributed by atoms with Gasteiger partial charge in [-0.25, -0.2) is 0 Å². The molecule has 0 amide bonds. The van der Waals surface area contributed by atoms with Crippen LogP contribution in [-0.4, -0.2) is 33.0 Å². The van der Waals surface area contributed by atoms with Gasteiger partial charge in [0, 0.05) is 6.42 Å². The smallest absolute Gasteiger partial charge is 0.314 e. The zero-order valence-corrected chi connectivity index (χ0v) is 22.9. The second-order valence-electron chi connectivity index (χ2n) is 14.6. The van der Waals surface area contributed by atoms with E-state index in [1.807, 2.05) is 6.92 Å². The zero-order chi connectivity index (χ0) is 26.7. The Labute approximate surface area is 214 Å². The standard InChI is InChI=1S/C30H44O6/c1-17-22(32)18(31)15-20-27(4)12-14-29(6)21-16-26(3,23(33)34)10-9-25(21,2)11-13-28(29,5)19(27)7-8-30(17,20)24(35)36/h19-21,32H,7-16H2,1-6H3,(H,33,34)(H,35,36)/t19?,20?,21?,25?,26-,27-,28?,29+,30?/m1/s1. The van der Waals surface area contributed by atoms with Gasteiger partial charge in [-0.3, -0.25) is 14.4 Å². The van der Waals surface area contributed by atoms with Crippen molar-refractivity contribution >= 4 is 17.7 Å². The lowest BCUT2D eigenvalue weighted by Gasteiger charge is -2.74. The molecule has 4 saturated carbocycles. The minimum absolute atomic E-state index is 0.0454. The molecule has 5 aliphatic carbocycles. The maximum Gasteiger partial charge on any atom is 0.314 e. The first-order valence-corrected chi connectivity index (χ1v) is 13.9. The first-order chi connectivity index (χ1) is 16.5. The van der Waals surface area contributed by atoms with Crippen LogP contribution in [-0.2, 0) is 14.4 Å². The van der Waals surface area contributed by atoms with Gasteiger partial charge in [-0.1, -0.05) is 27.7 Å². The molecule has 6 heteroatoms. The number of aliphatic hydroxyl groups is 1. The maximum atomic E-state index is 12.9. The third kappa shape index (κ3) is 2.82. The Morgan fingerprint density at radius 3 is 1.97 bits per heavy atom. The lowest BCUT2D eigenvalue weighted by atomic mass is 9.30. The molecule has 6 nitrogen and oxygen atoms in total. The molecule has 5 rings (SSSR count). The third-order valence-corrected chi connectivity index (χ3v) is 13.6. The van der Waals surface area contributed by atoms with Crippen molar-refractivity contribution in [2.24, 2.45) is 50.2 Å². The van der Waals surface area contributed by atoms with Gasteiger partial charge < -0.3 is 15.3 Å². The fourth-order valence-electron chi connectivity index (χ4n) is 10.9. The lowest BCUT2D eigenvalue weighted by molar-refractivity contribution is -0.251. The number of carboxylic acid groups (broad SMARTS) is 2. The third-order valence-electron chi connectivity index (χ3n) is 13.6. The Bertz CT molecular complexity index is 1080. The number of carboxylic acids is 2. The van der Waals surface area contributed by atoms with Gasteiger partial charge in [0.2, 0.25) is 0 Å². The average molecular weight is 501 g/mol. The number of aliphatic hydroxyl groups excluding tert-OH is 1. The van der Waals surface area contributed by atoms with Crippen LogP contribution in [0.5, 0.6) is 0 Å². The van der Waals surface area contributed by atoms with Crippen molar-refractivity contribution in [1.82, 2.24) is 0 Å². The molecular weight excluding hydrogens is 456 g/mol. The van der Waals surface area contributed by atoms with E-state index < -0.39 is 22.8 Å². The van der Waals surface area contributed by atoms with Gasteiger partial charge in [0.1, 0.15) is 0 Å². The molecule has 0 aromatic rings. The summed E-state index contributed by atoms with van der Waals surface area (Å²) in [5.41, 5.74) is -1.86. The molecule has 0 saturated heterocycles. The van der Waals surface area contributed by atoms with E-state index in [0.29, 0.717) is 24.3 Å². The summed E-state index contributed by atoms with van der Waals surface area (Å²) in [7, 11) is 0. The summed E-state index contributed by atoms with van der Waals surface area (Å²) in [6, 6.07) is 0. The van der Waals surface area contributed by atoms with Crippen LogP contribution in [0.1, 0.15) is 106 Å². The Kier molecular flexibility index (Phi) is 5.28. The van der Waals surface area contributed by atoms with Crippen LogP contribution in [0.3, 0.4) is 0 Å². The summed E-state index contributed by atoms with van der Waals surface area (Å²) in [6.07, 6.45) is 7.53. The number of allylic oxidation sites excluding steroid dienone is 1. The van der Waals surface area contributed by atoms with Crippen LogP contribution in [0.4, 0.5) is 0 Å². The second-order valence-corrected chi connectivity index (χ2v) is 14.6. The highest BCUT2D eigenvalue weighted by atomic mass is 16.4. The van der Waals surface area contributed by atoms with Crippen LogP contribution >= 0.6 is 0 Å². The predicted octanol–water partition coefficient (Wildman–Crippen LogP) is 6.39. The van der Waals surface area contributed by atoms with Gasteiger partial charge in [-0.15, -0.1) is 0 Å². The van der Waals surface area contributed by atoms with Gasteiger partial charge >= 0.3 is 11.9 Å². The van der Waals surface area contributed by atoms with E-state index in [2.05, 4.69) is 27.7 Å². The molecule has 0 bridgehead atoms. The van der Waals surface area contributed by atoms with Crippen molar-refractivity contribution in [3.8, 4) is 0 Å². The van der Waals surface area contributed by atoms with Gasteiger partial charge in [0.05, 0.1) is 10.8 Å². The van der Waals surface area contributed by atoms with Crippen LogP contribution in [0.2, 0.25) is 0 Å². The maximum absolute atomic E-state index is 12.9. The predicted molar refractivity (Wildman–Crippen MR) is 135 cm³/mol. The molecule has 36 heavy (non-hydrogen) atoms. The highest BCUT2D eigenvalue weighted by molar-refractivity contribution is 5.98. The highest BCUT2D eigenvalue weighted by Gasteiger charge is 2.73. The summed E-state index contributed by atoms with van der Waals surface area (Å²) >= 11 is 0. The van der Waals surface area contributed by atoms with E-state index in [-0.39, 0.29) is 51.5 Å². The van der Waals surface area contributed by atoms with E-state index in [9.17, 15) is 29.7 Å². The number of carbonyl (C=O) groups is 3. The van der Waals surface area contributed by atoms with E-state index >= 15 is 0 Å². The fourth-order valence-corrected chi connectivity index (χ4v) is 10.9. The zero-order valence-electron chi connectivity index (χ0n) is 22.9. The molecule has 3 N–H and O–H groups in total. The normalized spacial score (nSPS) is 52.5. The molecule has 0 heterocycles. The molecule has 9 atom stereocenters. The largest absolute Gasteiger partial charge is 0.504 e. The molecule has 5 aliphatic rings. The van der Waals surface area contributed by atoms with Crippen LogP contribution in [0.15, 0.2) is 11.3 Å². The SMILES string of the molecule is CC1=C(O)C(=O)CC2C1(C(=O)O)CCC1C3(C)CCC4(C)CC[C@@](C)(C(=O)O)CC4[C@]3(C)CC[C@@]21C. The molecule has 200 valence electrons. The number of rotatable bonds is 2. The summed E-state index contributed by atoms with van der Waals surface area (Å²) in [5.74, 6) is -2.05. The summed E-state index contributed by atoms with van der Waals surface area (Å²) in [6.45, 7) is 13.0. The van der Waals surface area contributed by atoms with Gasteiger partial charge in [-0.2, -0.15) is 0 Å². The number of hydrogen-bond donors (Lipinski definition) is 3.